The van der Waals surface area contributed by atoms with Crippen LogP contribution in [0, 0.1) is 6.92 Å². The molecule has 9 heteroatoms. The highest BCUT2D eigenvalue weighted by molar-refractivity contribution is 7.89. The van der Waals surface area contributed by atoms with Crippen LogP contribution < -0.4 is 0 Å². The lowest BCUT2D eigenvalue weighted by Crippen LogP contribution is -2.29. The van der Waals surface area contributed by atoms with Gasteiger partial charge in [0.1, 0.15) is 4.90 Å². The third-order valence-corrected chi connectivity index (χ3v) is 7.78. The summed E-state index contributed by atoms with van der Waals surface area (Å²) in [6.45, 7) is 2.53. The van der Waals surface area contributed by atoms with E-state index in [4.69, 9.17) is 0 Å². The molecule has 140 valence electrons. The molecule has 0 atom stereocenters. The van der Waals surface area contributed by atoms with E-state index in [1.807, 2.05) is 41.9 Å². The normalized spacial score (nSPS) is 12.3. The zero-order chi connectivity index (χ0) is 19.0. The third-order valence-electron chi connectivity index (χ3n) is 4.30. The lowest BCUT2D eigenvalue weighted by atomic mass is 10.3. The fourth-order valence-corrected chi connectivity index (χ4v) is 5.93. The second-order valence-electron chi connectivity index (χ2n) is 6.18. The number of fused-ring (bicyclic) bond motifs is 1. The standard InChI is InChI=1S/C18H18N4O2S3/c1-13-17-9-16(10-19-18(17)21(2)20-13)27(23,24)22(11-14-5-3-7-25-14)12-15-6-4-8-26-15/h3-10H,11-12H2,1-2H3. The van der Waals surface area contributed by atoms with Gasteiger partial charge in [0, 0.05) is 41.5 Å². The predicted octanol–water partition coefficient (Wildman–Crippen LogP) is 3.79. The Balaban J connectivity index is 1.76. The minimum atomic E-state index is -3.71. The van der Waals surface area contributed by atoms with Gasteiger partial charge in [-0.05, 0) is 35.9 Å². The number of thiophene rings is 2. The molecular weight excluding hydrogens is 400 g/mol. The van der Waals surface area contributed by atoms with Gasteiger partial charge in [0.2, 0.25) is 10.0 Å². The first-order chi connectivity index (χ1) is 12.9. The molecule has 0 radical (unpaired) electrons. The minimum absolute atomic E-state index is 0.194. The van der Waals surface area contributed by atoms with E-state index in [1.165, 1.54) is 10.5 Å². The highest BCUT2D eigenvalue weighted by Crippen LogP contribution is 2.26. The van der Waals surface area contributed by atoms with E-state index in [2.05, 4.69) is 10.1 Å². The Morgan fingerprint density at radius 3 is 2.30 bits per heavy atom. The topological polar surface area (TPSA) is 68.1 Å². The second-order valence-corrected chi connectivity index (χ2v) is 10.2. The maximum Gasteiger partial charge on any atom is 0.245 e. The summed E-state index contributed by atoms with van der Waals surface area (Å²) in [4.78, 5) is 6.54. The number of nitrogens with zero attached hydrogens (tertiary/aromatic N) is 4. The van der Waals surface area contributed by atoms with E-state index in [1.54, 1.807) is 40.5 Å². The third kappa shape index (κ3) is 3.55. The van der Waals surface area contributed by atoms with Crippen LogP contribution >= 0.6 is 22.7 Å². The van der Waals surface area contributed by atoms with Crippen molar-refractivity contribution in [1.29, 1.82) is 0 Å². The van der Waals surface area contributed by atoms with Crippen molar-refractivity contribution in [3.05, 3.63) is 62.7 Å². The van der Waals surface area contributed by atoms with Crippen LogP contribution in [0.4, 0.5) is 0 Å². The summed E-state index contributed by atoms with van der Waals surface area (Å²) in [7, 11) is -1.90. The molecule has 0 amide bonds. The van der Waals surface area contributed by atoms with Crippen LogP contribution in [0.2, 0.25) is 0 Å². The van der Waals surface area contributed by atoms with Gasteiger partial charge < -0.3 is 0 Å². The highest BCUT2D eigenvalue weighted by Gasteiger charge is 2.27. The lowest BCUT2D eigenvalue weighted by molar-refractivity contribution is 0.407. The molecule has 0 aliphatic heterocycles. The van der Waals surface area contributed by atoms with E-state index in [9.17, 15) is 8.42 Å². The van der Waals surface area contributed by atoms with Gasteiger partial charge in [-0.25, -0.2) is 13.4 Å². The molecule has 4 rings (SSSR count). The zero-order valence-corrected chi connectivity index (χ0v) is 17.3. The van der Waals surface area contributed by atoms with Crippen molar-refractivity contribution in [3.63, 3.8) is 0 Å². The van der Waals surface area contributed by atoms with Crippen molar-refractivity contribution < 1.29 is 8.42 Å². The lowest BCUT2D eigenvalue weighted by Gasteiger charge is -2.21. The molecule has 0 fully saturated rings. The molecule has 0 aliphatic rings. The molecule has 4 aromatic rings. The average molecular weight is 419 g/mol. The molecule has 0 spiro atoms. The van der Waals surface area contributed by atoms with E-state index in [0.717, 1.165) is 20.8 Å². The monoisotopic (exact) mass is 418 g/mol. The Labute approximate surface area is 165 Å². The van der Waals surface area contributed by atoms with Gasteiger partial charge in [-0.15, -0.1) is 22.7 Å². The summed E-state index contributed by atoms with van der Waals surface area (Å²) in [5.41, 5.74) is 1.44. The highest BCUT2D eigenvalue weighted by atomic mass is 32.2. The SMILES string of the molecule is Cc1nn(C)c2ncc(S(=O)(=O)N(Cc3cccs3)Cc3cccs3)cc12. The Morgan fingerprint density at radius 1 is 1.11 bits per heavy atom. The van der Waals surface area contributed by atoms with E-state index in [0.29, 0.717) is 18.7 Å². The number of rotatable bonds is 6. The average Bonchev–Trinajstić information content (AvgIpc) is 3.38. The molecule has 0 aliphatic carbocycles. The maximum absolute atomic E-state index is 13.4. The van der Waals surface area contributed by atoms with Crippen molar-refractivity contribution in [2.24, 2.45) is 7.05 Å². The number of pyridine rings is 1. The number of hydrogen-bond donors (Lipinski definition) is 0. The van der Waals surface area contributed by atoms with Crippen LogP contribution in [0.15, 0.2) is 52.2 Å². The molecule has 0 bridgehead atoms. The number of aromatic nitrogens is 3. The summed E-state index contributed by atoms with van der Waals surface area (Å²) in [6.07, 6.45) is 1.43. The van der Waals surface area contributed by atoms with Crippen LogP contribution in [-0.2, 0) is 30.2 Å². The molecule has 27 heavy (non-hydrogen) atoms. The van der Waals surface area contributed by atoms with Crippen LogP contribution in [0.25, 0.3) is 11.0 Å². The van der Waals surface area contributed by atoms with Gasteiger partial charge in [0.25, 0.3) is 0 Å². The fraction of sp³-hybridized carbons (Fsp3) is 0.222. The zero-order valence-electron chi connectivity index (χ0n) is 14.9. The van der Waals surface area contributed by atoms with Crippen molar-refractivity contribution >= 4 is 43.7 Å². The molecule has 4 aromatic heterocycles. The predicted molar refractivity (Wildman–Crippen MR) is 108 cm³/mol. The van der Waals surface area contributed by atoms with Crippen LogP contribution in [0.1, 0.15) is 15.4 Å². The first-order valence-electron chi connectivity index (χ1n) is 8.29. The van der Waals surface area contributed by atoms with Gasteiger partial charge >= 0.3 is 0 Å². The van der Waals surface area contributed by atoms with Crippen LogP contribution in [-0.4, -0.2) is 27.5 Å². The molecule has 0 saturated heterocycles. The summed E-state index contributed by atoms with van der Waals surface area (Å²) in [6, 6.07) is 9.45. The smallest absolute Gasteiger partial charge is 0.245 e. The van der Waals surface area contributed by atoms with Gasteiger partial charge in [0.05, 0.1) is 5.69 Å². The van der Waals surface area contributed by atoms with Crippen molar-refractivity contribution in [1.82, 2.24) is 19.1 Å². The number of aryl methyl sites for hydroxylation is 2. The Kier molecular flexibility index (Phi) is 4.85. The van der Waals surface area contributed by atoms with Gasteiger partial charge in [0.15, 0.2) is 5.65 Å². The van der Waals surface area contributed by atoms with E-state index in [-0.39, 0.29) is 4.90 Å². The molecule has 0 saturated carbocycles. The van der Waals surface area contributed by atoms with Crippen LogP contribution in [0.5, 0.6) is 0 Å². The second kappa shape index (κ2) is 7.16. The molecule has 0 aromatic carbocycles. The summed E-state index contributed by atoms with van der Waals surface area (Å²) in [5, 5.41) is 9.00. The van der Waals surface area contributed by atoms with Gasteiger partial charge in [-0.2, -0.15) is 9.40 Å². The molecule has 0 unspecified atom stereocenters. The summed E-state index contributed by atoms with van der Waals surface area (Å²) >= 11 is 3.10. The maximum atomic E-state index is 13.4. The quantitative estimate of drug-likeness (QED) is 0.478. The van der Waals surface area contributed by atoms with Crippen molar-refractivity contribution in [3.8, 4) is 0 Å². The first kappa shape index (κ1) is 18.3. The van der Waals surface area contributed by atoms with Crippen molar-refractivity contribution in [2.45, 2.75) is 24.9 Å². The Hall–Kier alpha value is -2.07. The van der Waals surface area contributed by atoms with Gasteiger partial charge in [-0.3, -0.25) is 4.68 Å². The van der Waals surface area contributed by atoms with Gasteiger partial charge in [-0.1, -0.05) is 12.1 Å². The number of sulfonamides is 1. The van der Waals surface area contributed by atoms with Crippen LogP contribution in [0.3, 0.4) is 0 Å². The summed E-state index contributed by atoms with van der Waals surface area (Å²) in [5.74, 6) is 0. The van der Waals surface area contributed by atoms with Crippen molar-refractivity contribution in [2.75, 3.05) is 0 Å². The molecule has 0 N–H and O–H groups in total. The van der Waals surface area contributed by atoms with E-state index < -0.39 is 10.0 Å². The minimum Gasteiger partial charge on any atom is -0.250 e. The fourth-order valence-electron chi connectivity index (χ4n) is 2.96. The van der Waals surface area contributed by atoms with E-state index >= 15 is 0 Å². The largest absolute Gasteiger partial charge is 0.250 e. The summed E-state index contributed by atoms with van der Waals surface area (Å²) < 4.78 is 30.0. The Morgan fingerprint density at radius 2 is 1.74 bits per heavy atom. The number of hydrogen-bond acceptors (Lipinski definition) is 6. The molecule has 6 nitrogen and oxygen atoms in total. The molecule has 4 heterocycles. The first-order valence-corrected chi connectivity index (χ1v) is 11.5. The Bertz CT molecular complexity index is 1130. The molecular formula is C18H18N4O2S3.